The SMILES string of the molecule is Cc1ccc(-c2nnc(SCc3nn(-c4ccccc4)c4c3CCC4)o2)c(C)c1. The van der Waals surface area contributed by atoms with Crippen molar-refractivity contribution in [2.45, 2.75) is 44.1 Å². The smallest absolute Gasteiger partial charge is 0.277 e. The zero-order valence-corrected chi connectivity index (χ0v) is 17.4. The first-order valence-corrected chi connectivity index (χ1v) is 10.9. The standard InChI is InChI=1S/C23H22N4OS/c1-15-11-12-18(16(2)13-15)22-24-25-23(28-22)29-14-20-19-9-6-10-21(19)27(26-20)17-7-4-3-5-8-17/h3-5,7-8,11-13H,6,9-10,14H2,1-2H3. The van der Waals surface area contributed by atoms with E-state index in [1.54, 1.807) is 11.8 Å². The Hall–Kier alpha value is -2.86. The van der Waals surface area contributed by atoms with Crippen LogP contribution in [0.5, 0.6) is 0 Å². The van der Waals surface area contributed by atoms with Crippen LogP contribution in [0.4, 0.5) is 0 Å². The van der Waals surface area contributed by atoms with E-state index < -0.39 is 0 Å². The van der Waals surface area contributed by atoms with Gasteiger partial charge < -0.3 is 4.42 Å². The lowest BCUT2D eigenvalue weighted by atomic mass is 10.1. The summed E-state index contributed by atoms with van der Waals surface area (Å²) in [7, 11) is 0. The molecule has 0 saturated carbocycles. The molecule has 5 nitrogen and oxygen atoms in total. The first kappa shape index (κ1) is 18.2. The molecule has 6 heteroatoms. The lowest BCUT2D eigenvalue weighted by Crippen LogP contribution is -2.01. The molecule has 146 valence electrons. The second kappa shape index (κ2) is 7.52. The summed E-state index contributed by atoms with van der Waals surface area (Å²) < 4.78 is 8.03. The van der Waals surface area contributed by atoms with Gasteiger partial charge in [0.1, 0.15) is 0 Å². The zero-order valence-electron chi connectivity index (χ0n) is 16.6. The third-order valence-electron chi connectivity index (χ3n) is 5.37. The first-order chi connectivity index (χ1) is 14.2. The summed E-state index contributed by atoms with van der Waals surface area (Å²) in [6.45, 7) is 4.15. The molecule has 0 fully saturated rings. The van der Waals surface area contributed by atoms with Crippen molar-refractivity contribution in [1.82, 2.24) is 20.0 Å². The van der Waals surface area contributed by atoms with Gasteiger partial charge in [-0.05, 0) is 62.4 Å². The summed E-state index contributed by atoms with van der Waals surface area (Å²) >= 11 is 1.56. The quantitative estimate of drug-likeness (QED) is 0.423. The Balaban J connectivity index is 1.37. The van der Waals surface area contributed by atoms with E-state index in [9.17, 15) is 0 Å². The fraction of sp³-hybridized carbons (Fsp3) is 0.261. The summed E-state index contributed by atoms with van der Waals surface area (Å²) in [5.74, 6) is 1.31. The highest BCUT2D eigenvalue weighted by molar-refractivity contribution is 7.98. The van der Waals surface area contributed by atoms with Gasteiger partial charge in [0.15, 0.2) is 0 Å². The molecule has 0 unspecified atom stereocenters. The number of aryl methyl sites for hydroxylation is 2. The van der Waals surface area contributed by atoms with Crippen molar-refractivity contribution in [3.05, 3.63) is 76.6 Å². The predicted octanol–water partition coefficient (Wildman–Crippen LogP) is 5.32. The fourth-order valence-electron chi connectivity index (χ4n) is 3.97. The van der Waals surface area contributed by atoms with Crippen LogP contribution in [0.25, 0.3) is 17.1 Å². The number of hydrogen-bond acceptors (Lipinski definition) is 5. The number of thioether (sulfide) groups is 1. The molecule has 0 amide bonds. The highest BCUT2D eigenvalue weighted by Crippen LogP contribution is 2.32. The lowest BCUT2D eigenvalue weighted by Gasteiger charge is -2.04. The van der Waals surface area contributed by atoms with E-state index in [1.165, 1.54) is 23.2 Å². The fourth-order valence-corrected chi connectivity index (χ4v) is 4.70. The third-order valence-corrected chi connectivity index (χ3v) is 6.20. The van der Waals surface area contributed by atoms with E-state index >= 15 is 0 Å². The maximum Gasteiger partial charge on any atom is 0.277 e. The maximum absolute atomic E-state index is 5.93. The number of rotatable bonds is 5. The van der Waals surface area contributed by atoms with Gasteiger partial charge in [-0.3, -0.25) is 0 Å². The number of fused-ring (bicyclic) bond motifs is 1. The minimum atomic E-state index is 0.574. The lowest BCUT2D eigenvalue weighted by molar-refractivity contribution is 0.465. The topological polar surface area (TPSA) is 56.7 Å². The van der Waals surface area contributed by atoms with Gasteiger partial charge in [0.05, 0.1) is 11.4 Å². The molecular formula is C23H22N4OS. The molecule has 0 aliphatic heterocycles. The van der Waals surface area contributed by atoms with Crippen LogP contribution >= 0.6 is 11.8 Å². The summed E-state index contributed by atoms with van der Waals surface area (Å²) in [5.41, 5.74) is 8.33. The molecule has 0 saturated heterocycles. The molecule has 2 aromatic carbocycles. The molecule has 5 rings (SSSR count). The van der Waals surface area contributed by atoms with Crippen molar-refractivity contribution in [2.75, 3.05) is 0 Å². The average molecular weight is 403 g/mol. The Morgan fingerprint density at radius 2 is 1.90 bits per heavy atom. The van der Waals surface area contributed by atoms with Crippen LogP contribution < -0.4 is 0 Å². The predicted molar refractivity (Wildman–Crippen MR) is 114 cm³/mol. The van der Waals surface area contributed by atoms with Crippen molar-refractivity contribution in [2.24, 2.45) is 0 Å². The molecule has 29 heavy (non-hydrogen) atoms. The molecule has 0 atom stereocenters. The van der Waals surface area contributed by atoms with Gasteiger partial charge in [-0.25, -0.2) is 4.68 Å². The van der Waals surface area contributed by atoms with Gasteiger partial charge in [0.2, 0.25) is 5.89 Å². The van der Waals surface area contributed by atoms with E-state index in [0.29, 0.717) is 11.1 Å². The van der Waals surface area contributed by atoms with Crippen LogP contribution in [0.1, 0.15) is 34.5 Å². The van der Waals surface area contributed by atoms with Gasteiger partial charge >= 0.3 is 0 Å². The van der Waals surface area contributed by atoms with Gasteiger partial charge in [-0.15, -0.1) is 10.2 Å². The van der Waals surface area contributed by atoms with Crippen molar-refractivity contribution in [3.63, 3.8) is 0 Å². The largest absolute Gasteiger partial charge is 0.411 e. The zero-order chi connectivity index (χ0) is 19.8. The van der Waals surface area contributed by atoms with E-state index in [1.807, 2.05) is 12.1 Å². The van der Waals surface area contributed by atoms with Crippen LogP contribution in [0.15, 0.2) is 58.2 Å². The Morgan fingerprint density at radius 1 is 1.03 bits per heavy atom. The Morgan fingerprint density at radius 3 is 2.72 bits per heavy atom. The number of benzene rings is 2. The monoisotopic (exact) mass is 402 g/mol. The number of para-hydroxylation sites is 1. The molecule has 0 radical (unpaired) electrons. The number of hydrogen-bond donors (Lipinski definition) is 0. The van der Waals surface area contributed by atoms with E-state index in [0.717, 1.165) is 41.1 Å². The number of aromatic nitrogens is 4. The number of nitrogens with zero attached hydrogens (tertiary/aromatic N) is 4. The van der Waals surface area contributed by atoms with Gasteiger partial charge in [-0.2, -0.15) is 5.10 Å². The van der Waals surface area contributed by atoms with Crippen LogP contribution in [0.2, 0.25) is 0 Å². The molecule has 0 N–H and O–H groups in total. The van der Waals surface area contributed by atoms with E-state index in [-0.39, 0.29) is 0 Å². The van der Waals surface area contributed by atoms with Crippen LogP contribution in [0.3, 0.4) is 0 Å². The molecule has 0 spiro atoms. The molecule has 0 bridgehead atoms. The molecule has 4 aromatic rings. The summed E-state index contributed by atoms with van der Waals surface area (Å²) in [5, 5.41) is 14.0. The third kappa shape index (κ3) is 3.49. The molecule has 2 heterocycles. The van der Waals surface area contributed by atoms with Crippen molar-refractivity contribution >= 4 is 11.8 Å². The van der Waals surface area contributed by atoms with Gasteiger partial charge in [0.25, 0.3) is 5.22 Å². The van der Waals surface area contributed by atoms with E-state index in [2.05, 4.69) is 65.1 Å². The summed E-state index contributed by atoms with van der Waals surface area (Å²) in [6.07, 6.45) is 3.37. The first-order valence-electron chi connectivity index (χ1n) is 9.88. The minimum Gasteiger partial charge on any atom is -0.411 e. The van der Waals surface area contributed by atoms with Gasteiger partial charge in [-0.1, -0.05) is 47.7 Å². The molecular weight excluding hydrogens is 380 g/mol. The van der Waals surface area contributed by atoms with Crippen molar-refractivity contribution in [1.29, 1.82) is 0 Å². The Labute approximate surface area is 174 Å². The highest BCUT2D eigenvalue weighted by Gasteiger charge is 2.23. The average Bonchev–Trinajstić information content (AvgIpc) is 3.44. The maximum atomic E-state index is 5.93. The van der Waals surface area contributed by atoms with E-state index in [4.69, 9.17) is 9.52 Å². The van der Waals surface area contributed by atoms with Crippen LogP contribution in [-0.2, 0) is 18.6 Å². The second-order valence-corrected chi connectivity index (χ2v) is 8.38. The summed E-state index contributed by atoms with van der Waals surface area (Å²) in [6, 6.07) is 16.6. The molecule has 1 aliphatic carbocycles. The van der Waals surface area contributed by atoms with Crippen molar-refractivity contribution < 1.29 is 4.42 Å². The van der Waals surface area contributed by atoms with Crippen molar-refractivity contribution in [3.8, 4) is 17.1 Å². The normalized spacial score (nSPS) is 13.0. The minimum absolute atomic E-state index is 0.574. The summed E-state index contributed by atoms with van der Waals surface area (Å²) in [4.78, 5) is 0. The van der Waals surface area contributed by atoms with Crippen LogP contribution in [-0.4, -0.2) is 20.0 Å². The second-order valence-electron chi connectivity index (χ2n) is 7.45. The Bertz CT molecular complexity index is 1160. The van der Waals surface area contributed by atoms with Crippen LogP contribution in [0, 0.1) is 13.8 Å². The Kier molecular flexibility index (Phi) is 4.72. The van der Waals surface area contributed by atoms with Gasteiger partial charge in [0, 0.05) is 17.0 Å². The highest BCUT2D eigenvalue weighted by atomic mass is 32.2. The molecule has 2 aromatic heterocycles. The molecule has 1 aliphatic rings.